The van der Waals surface area contributed by atoms with Crippen LogP contribution in [0.15, 0.2) is 24.3 Å². The van der Waals surface area contributed by atoms with Crippen LogP contribution in [0.25, 0.3) is 0 Å². The van der Waals surface area contributed by atoms with Gasteiger partial charge in [-0.2, -0.15) is 0 Å². The predicted octanol–water partition coefficient (Wildman–Crippen LogP) is 1.45. The Bertz CT molecular complexity index is 500. The summed E-state index contributed by atoms with van der Waals surface area (Å²) in [5.74, 6) is -1.03. The van der Waals surface area contributed by atoms with Crippen LogP contribution < -0.4 is 0 Å². The van der Waals surface area contributed by atoms with Crippen molar-refractivity contribution in [3.8, 4) is 0 Å². The second kappa shape index (κ2) is 6.52. The molecule has 1 fully saturated rings. The lowest BCUT2D eigenvalue weighted by Gasteiger charge is -2.21. The van der Waals surface area contributed by atoms with E-state index in [0.717, 1.165) is 17.5 Å². The zero-order valence-electron chi connectivity index (χ0n) is 11.5. The molecule has 108 valence electrons. The van der Waals surface area contributed by atoms with Crippen LogP contribution in [0.1, 0.15) is 24.0 Å². The number of benzene rings is 1. The highest BCUT2D eigenvalue weighted by atomic mass is 16.5. The molecule has 2 rings (SSSR count). The lowest BCUT2D eigenvalue weighted by Crippen LogP contribution is -2.41. The van der Waals surface area contributed by atoms with E-state index in [0.29, 0.717) is 19.6 Å². The molecule has 1 N–H and O–H groups in total. The Kier molecular flexibility index (Phi) is 4.74. The Morgan fingerprint density at radius 3 is 2.85 bits per heavy atom. The topological polar surface area (TPSA) is 66.8 Å². The fourth-order valence-corrected chi connectivity index (χ4v) is 2.59. The molecular formula is C15H19NO4. The van der Waals surface area contributed by atoms with E-state index in [4.69, 9.17) is 9.84 Å². The molecule has 0 aliphatic carbocycles. The van der Waals surface area contributed by atoms with Gasteiger partial charge in [0, 0.05) is 13.7 Å². The maximum atomic E-state index is 12.2. The lowest BCUT2D eigenvalue weighted by atomic mass is 10.1. The summed E-state index contributed by atoms with van der Waals surface area (Å²) in [6.45, 7) is 1.04. The molecule has 1 atom stereocenters. The summed E-state index contributed by atoms with van der Waals surface area (Å²) in [5.41, 5.74) is 1.90. The predicted molar refractivity (Wildman–Crippen MR) is 73.2 cm³/mol. The van der Waals surface area contributed by atoms with Gasteiger partial charge < -0.3 is 14.7 Å². The highest BCUT2D eigenvalue weighted by molar-refractivity contribution is 5.85. The van der Waals surface area contributed by atoms with Crippen LogP contribution >= 0.6 is 0 Å². The fraction of sp³-hybridized carbons (Fsp3) is 0.467. The first-order chi connectivity index (χ1) is 9.61. The number of carbonyl (C=O) groups excluding carboxylic acids is 1. The van der Waals surface area contributed by atoms with Crippen LogP contribution in [-0.2, 0) is 27.4 Å². The van der Waals surface area contributed by atoms with Crippen molar-refractivity contribution in [2.24, 2.45) is 0 Å². The van der Waals surface area contributed by atoms with Crippen LogP contribution in [-0.4, -0.2) is 41.6 Å². The summed E-state index contributed by atoms with van der Waals surface area (Å²) in [7, 11) is 1.62. The number of rotatable bonds is 5. The molecule has 1 saturated heterocycles. The number of nitrogens with zero attached hydrogens (tertiary/aromatic N) is 1. The third kappa shape index (κ3) is 3.36. The van der Waals surface area contributed by atoms with E-state index in [1.165, 1.54) is 4.90 Å². The number of amides is 1. The standard InChI is InChI=1S/C15H19NO4/c1-20-10-12-5-2-4-11(8-12)9-14(17)16-7-3-6-13(16)15(18)19/h2,4-5,8,13H,3,6-7,9-10H2,1H3,(H,18,19)/t13-/m1/s1. The molecule has 5 heteroatoms. The van der Waals surface area contributed by atoms with E-state index < -0.39 is 12.0 Å². The second-order valence-corrected chi connectivity index (χ2v) is 5.01. The molecule has 1 aliphatic rings. The molecule has 0 spiro atoms. The number of carbonyl (C=O) groups is 2. The van der Waals surface area contributed by atoms with Crippen molar-refractivity contribution in [2.75, 3.05) is 13.7 Å². The van der Waals surface area contributed by atoms with Gasteiger partial charge in [0.15, 0.2) is 0 Å². The molecule has 1 aliphatic heterocycles. The molecular weight excluding hydrogens is 258 g/mol. The van der Waals surface area contributed by atoms with E-state index in [1.807, 2.05) is 24.3 Å². The van der Waals surface area contributed by atoms with E-state index in [-0.39, 0.29) is 12.3 Å². The Balaban J connectivity index is 2.04. The van der Waals surface area contributed by atoms with E-state index >= 15 is 0 Å². The van der Waals surface area contributed by atoms with E-state index in [2.05, 4.69) is 0 Å². The minimum atomic E-state index is -0.913. The molecule has 0 bridgehead atoms. The summed E-state index contributed by atoms with van der Waals surface area (Å²) in [6.07, 6.45) is 1.54. The molecule has 1 amide bonds. The van der Waals surface area contributed by atoms with Gasteiger partial charge in [-0.05, 0) is 24.0 Å². The number of hydrogen-bond acceptors (Lipinski definition) is 3. The number of aliphatic carboxylic acids is 1. The summed E-state index contributed by atoms with van der Waals surface area (Å²) < 4.78 is 5.06. The smallest absolute Gasteiger partial charge is 0.326 e. The number of carboxylic acids is 1. The highest BCUT2D eigenvalue weighted by Crippen LogP contribution is 2.19. The van der Waals surface area contributed by atoms with Gasteiger partial charge in [-0.1, -0.05) is 24.3 Å². The van der Waals surface area contributed by atoms with Crippen molar-refractivity contribution in [3.63, 3.8) is 0 Å². The summed E-state index contributed by atoms with van der Waals surface area (Å²) >= 11 is 0. The van der Waals surface area contributed by atoms with Gasteiger partial charge in [0.05, 0.1) is 13.0 Å². The van der Waals surface area contributed by atoms with Crippen LogP contribution in [0.4, 0.5) is 0 Å². The minimum Gasteiger partial charge on any atom is -0.480 e. The van der Waals surface area contributed by atoms with Crippen molar-refractivity contribution in [2.45, 2.75) is 31.9 Å². The third-order valence-corrected chi connectivity index (χ3v) is 3.52. The van der Waals surface area contributed by atoms with Crippen molar-refractivity contribution in [1.29, 1.82) is 0 Å². The average molecular weight is 277 g/mol. The van der Waals surface area contributed by atoms with Gasteiger partial charge >= 0.3 is 5.97 Å². The maximum absolute atomic E-state index is 12.2. The van der Waals surface area contributed by atoms with E-state index in [1.54, 1.807) is 7.11 Å². The molecule has 0 radical (unpaired) electrons. The SMILES string of the molecule is COCc1cccc(CC(=O)N2CCC[C@@H]2C(=O)O)c1. The Hall–Kier alpha value is -1.88. The molecule has 20 heavy (non-hydrogen) atoms. The maximum Gasteiger partial charge on any atom is 0.326 e. The molecule has 0 saturated carbocycles. The van der Waals surface area contributed by atoms with Gasteiger partial charge in [-0.3, -0.25) is 4.79 Å². The zero-order valence-corrected chi connectivity index (χ0v) is 11.5. The molecule has 5 nitrogen and oxygen atoms in total. The first-order valence-corrected chi connectivity index (χ1v) is 6.71. The van der Waals surface area contributed by atoms with Crippen molar-refractivity contribution < 1.29 is 19.4 Å². The van der Waals surface area contributed by atoms with Crippen molar-refractivity contribution >= 4 is 11.9 Å². The van der Waals surface area contributed by atoms with Gasteiger partial charge in [0.25, 0.3) is 0 Å². The molecule has 0 aromatic heterocycles. The van der Waals surface area contributed by atoms with Gasteiger partial charge in [0.1, 0.15) is 6.04 Å². The van der Waals surface area contributed by atoms with Crippen LogP contribution in [0.3, 0.4) is 0 Å². The summed E-state index contributed by atoms with van der Waals surface area (Å²) in [5, 5.41) is 9.10. The number of hydrogen-bond donors (Lipinski definition) is 1. The van der Waals surface area contributed by atoms with Crippen LogP contribution in [0.2, 0.25) is 0 Å². The Morgan fingerprint density at radius 1 is 1.40 bits per heavy atom. The normalized spacial score (nSPS) is 18.2. The number of ether oxygens (including phenoxy) is 1. The molecule has 1 aromatic rings. The molecule has 1 aromatic carbocycles. The fourth-order valence-electron chi connectivity index (χ4n) is 2.59. The first kappa shape index (κ1) is 14.5. The first-order valence-electron chi connectivity index (χ1n) is 6.71. The van der Waals surface area contributed by atoms with Crippen LogP contribution in [0, 0.1) is 0 Å². The second-order valence-electron chi connectivity index (χ2n) is 5.01. The van der Waals surface area contributed by atoms with Crippen molar-refractivity contribution in [3.05, 3.63) is 35.4 Å². The Morgan fingerprint density at radius 2 is 2.15 bits per heavy atom. The monoisotopic (exact) mass is 277 g/mol. The zero-order chi connectivity index (χ0) is 14.5. The lowest BCUT2D eigenvalue weighted by molar-refractivity contribution is -0.148. The average Bonchev–Trinajstić information content (AvgIpc) is 2.89. The largest absolute Gasteiger partial charge is 0.480 e. The van der Waals surface area contributed by atoms with Gasteiger partial charge in [-0.15, -0.1) is 0 Å². The summed E-state index contributed by atoms with van der Waals surface area (Å²) in [6, 6.07) is 6.96. The van der Waals surface area contributed by atoms with E-state index in [9.17, 15) is 9.59 Å². The molecule has 0 unspecified atom stereocenters. The Labute approximate surface area is 118 Å². The summed E-state index contributed by atoms with van der Waals surface area (Å²) in [4.78, 5) is 24.8. The third-order valence-electron chi connectivity index (χ3n) is 3.52. The quantitative estimate of drug-likeness (QED) is 0.884. The molecule has 1 heterocycles. The van der Waals surface area contributed by atoms with Crippen molar-refractivity contribution in [1.82, 2.24) is 4.90 Å². The number of methoxy groups -OCH3 is 1. The van der Waals surface area contributed by atoms with Gasteiger partial charge in [0.2, 0.25) is 5.91 Å². The number of likely N-dealkylation sites (tertiary alicyclic amines) is 1. The van der Waals surface area contributed by atoms with Crippen LogP contribution in [0.5, 0.6) is 0 Å². The highest BCUT2D eigenvalue weighted by Gasteiger charge is 2.33. The van der Waals surface area contributed by atoms with Gasteiger partial charge in [-0.25, -0.2) is 4.79 Å². The number of carboxylic acid groups (broad SMARTS) is 1. The minimum absolute atomic E-state index is 0.121.